The molecule has 0 unspecified atom stereocenters. The summed E-state index contributed by atoms with van der Waals surface area (Å²) in [6.45, 7) is 5.42. The zero-order valence-electron chi connectivity index (χ0n) is 21.2. The van der Waals surface area contributed by atoms with E-state index in [1.54, 1.807) is 6.08 Å². The molecule has 0 amide bonds. The van der Waals surface area contributed by atoms with E-state index in [9.17, 15) is 4.46 Å². The van der Waals surface area contributed by atoms with Crippen LogP contribution in [0.5, 0.6) is 0 Å². The average Bonchev–Trinajstić information content (AvgIpc) is 3.23. The number of hydrogen-bond donors (Lipinski definition) is 0. The van der Waals surface area contributed by atoms with Gasteiger partial charge in [-0.3, -0.25) is 0 Å². The van der Waals surface area contributed by atoms with E-state index in [2.05, 4.69) is 78.9 Å². The van der Waals surface area contributed by atoms with Crippen molar-refractivity contribution in [1.29, 1.82) is 0 Å². The first-order chi connectivity index (χ1) is 16.6. The van der Waals surface area contributed by atoms with Crippen molar-refractivity contribution in [2.45, 2.75) is 57.5 Å². The molecule has 3 aliphatic rings. The van der Waals surface area contributed by atoms with Crippen LogP contribution < -0.4 is 0 Å². The third-order valence-corrected chi connectivity index (χ3v) is 9.27. The molecule has 2 aromatic carbocycles. The minimum absolute atomic E-state index is 0. The van der Waals surface area contributed by atoms with Gasteiger partial charge in [0.25, 0.3) is 0 Å². The van der Waals surface area contributed by atoms with Crippen LogP contribution in [-0.2, 0) is 32.6 Å². The van der Waals surface area contributed by atoms with Gasteiger partial charge >= 0.3 is 30.6 Å². The Hall–Kier alpha value is -2.07. The minimum Gasteiger partial charge on any atom is -0.377 e. The van der Waals surface area contributed by atoms with Crippen LogP contribution in [0.4, 0.5) is 0 Å². The maximum Gasteiger partial charge on any atom is 2.00 e. The molecule has 0 N–H and O–H groups in total. The Morgan fingerprint density at radius 2 is 1.49 bits per heavy atom. The van der Waals surface area contributed by atoms with Crippen molar-refractivity contribution in [1.82, 2.24) is 4.57 Å². The maximum atomic E-state index is 13.2. The standard InChI is InChI=1S/C26H29NOSi.C5H8.Ti/c1-27(22-11-3-2-4-12-22)29(28)18-19-15-25-23-13-7-5-9-20(23)17-21-10-6-8-14-24(21)26(25)16-19;1-3-5-4-2;/h5-10,13-16,19,22H,2-4,11-12,17-18H2,1H3;3-5H,1H2,2H3;/q;;+2. The Morgan fingerprint density at radius 1 is 0.943 bits per heavy atom. The SMILES string of the molecule is C=CC=CC.CN(C1CCCCC1)[Si](=O)CC1C=C2C(=C1)c1ccccc1Cc1ccccc12.[Ti+2]. The molecule has 1 saturated carbocycles. The van der Waals surface area contributed by atoms with Gasteiger partial charge in [-0.1, -0.05) is 105 Å². The number of allylic oxidation sites excluding steroid dienone is 7. The molecular weight excluding hydrogens is 478 g/mol. The molecule has 0 aromatic heterocycles. The van der Waals surface area contributed by atoms with Gasteiger partial charge in [0.05, 0.1) is 0 Å². The summed E-state index contributed by atoms with van der Waals surface area (Å²) in [5.74, 6) is 0.261. The van der Waals surface area contributed by atoms with E-state index >= 15 is 0 Å². The third kappa shape index (κ3) is 6.58. The molecule has 0 bridgehead atoms. The molecule has 35 heavy (non-hydrogen) atoms. The van der Waals surface area contributed by atoms with E-state index in [0.29, 0.717) is 6.04 Å². The van der Waals surface area contributed by atoms with E-state index in [1.165, 1.54) is 65.5 Å². The van der Waals surface area contributed by atoms with Crippen molar-refractivity contribution >= 4 is 20.0 Å². The Labute approximate surface area is 228 Å². The van der Waals surface area contributed by atoms with Gasteiger partial charge < -0.3 is 9.03 Å². The fourth-order valence-corrected chi connectivity index (χ4v) is 7.07. The summed E-state index contributed by atoms with van der Waals surface area (Å²) in [5, 5.41) is 0. The fraction of sp³-hybridized carbons (Fsp3) is 0.355. The number of rotatable bonds is 5. The molecule has 4 heteroatoms. The molecule has 2 nitrogen and oxygen atoms in total. The second-order valence-electron chi connectivity index (χ2n) is 9.58. The second-order valence-corrected chi connectivity index (χ2v) is 11.5. The van der Waals surface area contributed by atoms with E-state index in [4.69, 9.17) is 0 Å². The van der Waals surface area contributed by atoms with Gasteiger partial charge in [0, 0.05) is 25.1 Å². The number of hydrogen-bond acceptors (Lipinski definition) is 1. The summed E-state index contributed by atoms with van der Waals surface area (Å²) in [7, 11) is 0.333. The monoisotopic (exact) mass is 515 g/mol. The molecule has 0 saturated heterocycles. The van der Waals surface area contributed by atoms with Crippen LogP contribution in [0.25, 0.3) is 11.1 Å². The molecule has 0 atom stereocenters. The molecule has 0 aliphatic heterocycles. The van der Waals surface area contributed by atoms with Crippen LogP contribution in [0.1, 0.15) is 61.3 Å². The van der Waals surface area contributed by atoms with Crippen molar-refractivity contribution < 1.29 is 26.2 Å². The minimum atomic E-state index is -1.76. The first-order valence-electron chi connectivity index (χ1n) is 12.7. The smallest absolute Gasteiger partial charge is 0.377 e. The predicted molar refractivity (Wildman–Crippen MR) is 146 cm³/mol. The van der Waals surface area contributed by atoms with Crippen LogP contribution in [0.2, 0.25) is 6.04 Å². The van der Waals surface area contributed by atoms with Crippen LogP contribution in [-0.4, -0.2) is 26.5 Å². The van der Waals surface area contributed by atoms with E-state index in [-0.39, 0.29) is 27.6 Å². The van der Waals surface area contributed by atoms with Crippen molar-refractivity contribution in [3.8, 4) is 0 Å². The summed E-state index contributed by atoms with van der Waals surface area (Å²) in [6, 6.07) is 18.8. The number of nitrogens with zero attached hydrogens (tertiary/aromatic N) is 1. The zero-order valence-corrected chi connectivity index (χ0v) is 23.7. The van der Waals surface area contributed by atoms with Gasteiger partial charge in [0.1, 0.15) is 0 Å². The Bertz CT molecular complexity index is 1060. The summed E-state index contributed by atoms with van der Waals surface area (Å²) >= 11 is 0. The Kier molecular flexibility index (Phi) is 10.5. The molecule has 0 heterocycles. The number of benzene rings is 2. The van der Waals surface area contributed by atoms with Crippen LogP contribution in [0.15, 0.2) is 85.5 Å². The van der Waals surface area contributed by atoms with Gasteiger partial charge in [-0.2, -0.15) is 0 Å². The molecule has 0 radical (unpaired) electrons. The fourth-order valence-electron chi connectivity index (χ4n) is 5.48. The first kappa shape index (κ1) is 27.5. The summed E-state index contributed by atoms with van der Waals surface area (Å²) in [5.41, 5.74) is 8.15. The zero-order chi connectivity index (χ0) is 23.9. The average molecular weight is 516 g/mol. The molecule has 1 fully saturated rings. The van der Waals surface area contributed by atoms with E-state index < -0.39 is 8.84 Å². The summed E-state index contributed by atoms with van der Waals surface area (Å²) in [4.78, 5) is 0. The van der Waals surface area contributed by atoms with Crippen molar-refractivity contribution in [2.24, 2.45) is 5.92 Å². The predicted octanol–water partition coefficient (Wildman–Crippen LogP) is 7.62. The largest absolute Gasteiger partial charge is 2.00 e. The van der Waals surface area contributed by atoms with Gasteiger partial charge in [-0.05, 0) is 59.6 Å². The third-order valence-electron chi connectivity index (χ3n) is 7.30. The number of fused-ring (bicyclic) bond motifs is 5. The van der Waals surface area contributed by atoms with Crippen molar-refractivity contribution in [2.75, 3.05) is 7.05 Å². The molecule has 5 rings (SSSR count). The normalized spacial score (nSPS) is 16.9. The summed E-state index contributed by atoms with van der Waals surface area (Å²) < 4.78 is 15.4. The van der Waals surface area contributed by atoms with Gasteiger partial charge in [0.2, 0.25) is 0 Å². The molecule has 178 valence electrons. The molecular formula is C31H37NOSiTi+2. The van der Waals surface area contributed by atoms with Crippen LogP contribution in [0.3, 0.4) is 0 Å². The van der Waals surface area contributed by atoms with Gasteiger partial charge in [-0.25, -0.2) is 0 Å². The van der Waals surface area contributed by atoms with E-state index in [0.717, 1.165) is 12.5 Å². The summed E-state index contributed by atoms with van der Waals surface area (Å²) in [6.07, 6.45) is 17.7. The second kappa shape index (κ2) is 13.3. The quantitative estimate of drug-likeness (QED) is 0.302. The van der Waals surface area contributed by atoms with Crippen molar-refractivity contribution in [3.63, 3.8) is 0 Å². The van der Waals surface area contributed by atoms with Crippen LogP contribution in [0, 0.1) is 5.92 Å². The van der Waals surface area contributed by atoms with Gasteiger partial charge in [0.15, 0.2) is 0 Å². The molecule has 0 spiro atoms. The first-order valence-corrected chi connectivity index (χ1v) is 14.3. The van der Waals surface area contributed by atoms with Gasteiger partial charge in [-0.15, -0.1) is 0 Å². The van der Waals surface area contributed by atoms with Crippen LogP contribution >= 0.6 is 0 Å². The van der Waals surface area contributed by atoms with Crippen molar-refractivity contribution in [3.05, 3.63) is 108 Å². The Morgan fingerprint density at radius 3 is 1.97 bits per heavy atom. The molecule has 2 aromatic rings. The maximum absolute atomic E-state index is 13.2. The van der Waals surface area contributed by atoms with E-state index in [1.807, 2.05) is 19.1 Å². The topological polar surface area (TPSA) is 20.3 Å². The Balaban J connectivity index is 0.000000521. The molecule has 3 aliphatic carbocycles.